The van der Waals surface area contributed by atoms with Crippen LogP contribution in [0.1, 0.15) is 36.8 Å². The van der Waals surface area contributed by atoms with Crippen molar-refractivity contribution in [3.8, 4) is 5.75 Å². The van der Waals surface area contributed by atoms with E-state index in [4.69, 9.17) is 4.74 Å². The number of benzene rings is 2. The van der Waals surface area contributed by atoms with E-state index in [1.165, 1.54) is 11.8 Å². The van der Waals surface area contributed by atoms with Crippen LogP contribution in [0.15, 0.2) is 53.7 Å². The topological polar surface area (TPSA) is 81.1 Å². The fourth-order valence-electron chi connectivity index (χ4n) is 3.43. The van der Waals surface area contributed by atoms with Gasteiger partial charge in [0.2, 0.25) is 11.1 Å². The number of aryl methyl sites for hydroxylation is 2. The predicted octanol–water partition coefficient (Wildman–Crippen LogP) is 3.95. The summed E-state index contributed by atoms with van der Waals surface area (Å²) in [4.78, 5) is 13.3. The van der Waals surface area contributed by atoms with E-state index in [-0.39, 0.29) is 11.9 Å². The highest BCUT2D eigenvalue weighted by Crippen LogP contribution is 2.38. The molecule has 8 heteroatoms. The Bertz CT molecular complexity index is 1030. The van der Waals surface area contributed by atoms with Gasteiger partial charge in [-0.2, -0.15) is 0 Å². The van der Waals surface area contributed by atoms with Crippen LogP contribution in [-0.2, 0) is 11.2 Å². The van der Waals surface area contributed by atoms with Gasteiger partial charge in [-0.25, -0.2) is 4.68 Å². The number of ether oxygens (including phenoxy) is 1. The van der Waals surface area contributed by atoms with E-state index in [1.54, 1.807) is 0 Å². The van der Waals surface area contributed by atoms with Gasteiger partial charge in [0.25, 0.3) is 0 Å². The van der Waals surface area contributed by atoms with Gasteiger partial charge in [0.1, 0.15) is 11.0 Å². The normalized spacial score (nSPS) is 17.7. The Morgan fingerprint density at radius 1 is 1.17 bits per heavy atom. The molecule has 0 fully saturated rings. The summed E-state index contributed by atoms with van der Waals surface area (Å²) < 4.78 is 7.46. The third-order valence-corrected chi connectivity index (χ3v) is 6.25. The van der Waals surface area contributed by atoms with E-state index < -0.39 is 5.25 Å². The minimum atomic E-state index is -0.413. The Hall–Kier alpha value is -3.00. The Morgan fingerprint density at radius 2 is 1.93 bits per heavy atom. The summed E-state index contributed by atoms with van der Waals surface area (Å²) in [6.07, 6.45) is 0.747. The number of carbonyl (C=O) groups excluding carboxylic acids is 1. The van der Waals surface area contributed by atoms with Crippen LogP contribution in [0.2, 0.25) is 0 Å². The third kappa shape index (κ3) is 4.00. The number of nitrogens with zero attached hydrogens (tertiary/aromatic N) is 3. The zero-order chi connectivity index (χ0) is 21.1. The highest BCUT2D eigenvalue weighted by atomic mass is 32.2. The summed E-state index contributed by atoms with van der Waals surface area (Å²) in [6.45, 7) is 6.59. The summed E-state index contributed by atoms with van der Waals surface area (Å²) in [7, 11) is 0. The molecule has 1 amide bonds. The molecule has 4 rings (SSSR count). The van der Waals surface area contributed by atoms with Crippen LogP contribution in [0.4, 0.5) is 5.69 Å². The Morgan fingerprint density at radius 3 is 2.63 bits per heavy atom. The maximum Gasteiger partial charge on any atom is 0.240 e. The molecular formula is C22H25N5O2S. The largest absolute Gasteiger partial charge is 0.494 e. The number of anilines is 1. The van der Waals surface area contributed by atoms with Crippen LogP contribution in [0.3, 0.4) is 0 Å². The molecule has 1 aliphatic rings. The molecule has 1 aromatic heterocycles. The molecule has 3 aromatic rings. The van der Waals surface area contributed by atoms with E-state index in [2.05, 4.69) is 20.9 Å². The van der Waals surface area contributed by atoms with E-state index in [0.29, 0.717) is 11.8 Å². The average Bonchev–Trinajstić information content (AvgIpc) is 3.17. The fourth-order valence-corrected chi connectivity index (χ4v) is 4.53. The molecule has 30 heavy (non-hydrogen) atoms. The quantitative estimate of drug-likeness (QED) is 0.625. The van der Waals surface area contributed by atoms with Crippen molar-refractivity contribution in [2.24, 2.45) is 0 Å². The van der Waals surface area contributed by atoms with Gasteiger partial charge in [-0.05, 0) is 43.2 Å². The smallest absolute Gasteiger partial charge is 0.240 e. The number of amides is 1. The van der Waals surface area contributed by atoms with Crippen LogP contribution < -0.4 is 15.5 Å². The molecule has 7 nitrogen and oxygen atoms in total. The van der Waals surface area contributed by atoms with Crippen molar-refractivity contribution in [3.05, 3.63) is 65.5 Å². The van der Waals surface area contributed by atoms with Crippen LogP contribution in [0.25, 0.3) is 0 Å². The number of hydrogen-bond acceptors (Lipinski definition) is 6. The molecule has 0 unspecified atom stereocenters. The Kier molecular flexibility index (Phi) is 5.94. The Labute approximate surface area is 180 Å². The molecule has 2 aromatic carbocycles. The lowest BCUT2D eigenvalue weighted by atomic mass is 10.0. The number of nitrogens with one attached hydrogen (secondary N) is 2. The molecule has 1 aliphatic heterocycles. The summed E-state index contributed by atoms with van der Waals surface area (Å²) in [6, 6.07) is 15.4. The van der Waals surface area contributed by atoms with Crippen LogP contribution in [-0.4, -0.2) is 32.6 Å². The molecule has 0 radical (unpaired) electrons. The van der Waals surface area contributed by atoms with Gasteiger partial charge < -0.3 is 15.5 Å². The molecule has 2 heterocycles. The lowest BCUT2D eigenvalue weighted by molar-refractivity contribution is -0.116. The first-order valence-electron chi connectivity index (χ1n) is 10.1. The van der Waals surface area contributed by atoms with Crippen molar-refractivity contribution in [2.45, 2.75) is 43.6 Å². The van der Waals surface area contributed by atoms with Crippen molar-refractivity contribution in [2.75, 3.05) is 17.3 Å². The van der Waals surface area contributed by atoms with Crippen molar-refractivity contribution in [3.63, 3.8) is 0 Å². The van der Waals surface area contributed by atoms with E-state index in [0.717, 1.165) is 34.8 Å². The molecule has 156 valence electrons. The first kappa shape index (κ1) is 20.3. The highest BCUT2D eigenvalue weighted by Gasteiger charge is 2.37. The van der Waals surface area contributed by atoms with E-state index in [9.17, 15) is 4.79 Å². The molecule has 2 atom stereocenters. The van der Waals surface area contributed by atoms with Crippen molar-refractivity contribution in [1.82, 2.24) is 14.9 Å². The SMILES string of the molecule is CCOc1ccc([C@@H]2Nn3c(CC)nnc3S[C@@H]2C(=O)Nc2ccccc2C)cc1. The number of carbonyl (C=O) groups is 1. The van der Waals surface area contributed by atoms with Gasteiger partial charge in [-0.3, -0.25) is 4.79 Å². The number of rotatable bonds is 6. The molecule has 2 N–H and O–H groups in total. The van der Waals surface area contributed by atoms with E-state index >= 15 is 0 Å². The molecule has 0 saturated carbocycles. The first-order chi connectivity index (χ1) is 14.6. The zero-order valence-corrected chi connectivity index (χ0v) is 18.1. The van der Waals surface area contributed by atoms with Crippen LogP contribution >= 0.6 is 11.8 Å². The van der Waals surface area contributed by atoms with Crippen LogP contribution in [0, 0.1) is 6.92 Å². The van der Waals surface area contributed by atoms with Crippen molar-refractivity contribution < 1.29 is 9.53 Å². The monoisotopic (exact) mass is 423 g/mol. The number of hydrogen-bond donors (Lipinski definition) is 2. The minimum Gasteiger partial charge on any atom is -0.494 e. The number of aromatic nitrogens is 3. The summed E-state index contributed by atoms with van der Waals surface area (Å²) in [5.74, 6) is 1.57. The van der Waals surface area contributed by atoms with Crippen LogP contribution in [0.5, 0.6) is 5.75 Å². The lowest BCUT2D eigenvalue weighted by Gasteiger charge is -2.33. The second-order valence-corrected chi connectivity index (χ2v) is 8.15. The average molecular weight is 424 g/mol. The molecule has 0 bridgehead atoms. The predicted molar refractivity (Wildman–Crippen MR) is 119 cm³/mol. The summed E-state index contributed by atoms with van der Waals surface area (Å²) >= 11 is 1.43. The molecular weight excluding hydrogens is 398 g/mol. The van der Waals surface area contributed by atoms with Gasteiger partial charge in [-0.15, -0.1) is 10.2 Å². The van der Waals surface area contributed by atoms with Gasteiger partial charge in [-0.1, -0.05) is 49.0 Å². The molecule has 0 spiro atoms. The van der Waals surface area contributed by atoms with Gasteiger partial charge >= 0.3 is 0 Å². The van der Waals surface area contributed by atoms with Crippen molar-refractivity contribution in [1.29, 1.82) is 0 Å². The molecule has 0 aliphatic carbocycles. The maximum atomic E-state index is 13.3. The van der Waals surface area contributed by atoms with Gasteiger partial charge in [0.15, 0.2) is 5.82 Å². The maximum absolute atomic E-state index is 13.3. The number of fused-ring (bicyclic) bond motifs is 1. The highest BCUT2D eigenvalue weighted by molar-refractivity contribution is 8.00. The second kappa shape index (κ2) is 8.79. The summed E-state index contributed by atoms with van der Waals surface area (Å²) in [5.41, 5.74) is 6.30. The van der Waals surface area contributed by atoms with Gasteiger partial charge in [0.05, 0.1) is 12.6 Å². The summed E-state index contributed by atoms with van der Waals surface area (Å²) in [5, 5.41) is 11.9. The zero-order valence-electron chi connectivity index (χ0n) is 17.3. The minimum absolute atomic E-state index is 0.0759. The fraction of sp³-hybridized carbons (Fsp3) is 0.318. The third-order valence-electron chi connectivity index (χ3n) is 5.03. The molecule has 0 saturated heterocycles. The Balaban J connectivity index is 1.66. The van der Waals surface area contributed by atoms with Crippen molar-refractivity contribution >= 4 is 23.4 Å². The first-order valence-corrected chi connectivity index (χ1v) is 11.0. The standard InChI is InChI=1S/C22H25N5O2S/c1-4-18-24-25-22-27(18)26-19(15-10-12-16(13-11-15)29-5-2)20(30-22)21(28)23-17-9-7-6-8-14(17)3/h6-13,19-20,26H,4-5H2,1-3H3,(H,23,28)/t19-,20-/m0/s1. The second-order valence-electron chi connectivity index (χ2n) is 7.04. The lowest BCUT2D eigenvalue weighted by Crippen LogP contribution is -2.41. The number of para-hydroxylation sites is 1. The van der Waals surface area contributed by atoms with Gasteiger partial charge in [0, 0.05) is 12.1 Å². The van der Waals surface area contributed by atoms with E-state index in [1.807, 2.05) is 74.0 Å². The number of thioether (sulfide) groups is 1.